The van der Waals surface area contributed by atoms with Crippen LogP contribution in [0.4, 0.5) is 0 Å². The van der Waals surface area contributed by atoms with Crippen LogP contribution in [0.2, 0.25) is 0 Å². The fourth-order valence-corrected chi connectivity index (χ4v) is 5.02. The quantitative estimate of drug-likeness (QED) is 0.800. The van der Waals surface area contributed by atoms with Gasteiger partial charge in [-0.15, -0.1) is 0 Å². The van der Waals surface area contributed by atoms with Gasteiger partial charge in [-0.25, -0.2) is 4.98 Å². The maximum Gasteiger partial charge on any atom is 0.319 e. The lowest BCUT2D eigenvalue weighted by Gasteiger charge is -2.53. The van der Waals surface area contributed by atoms with Crippen molar-refractivity contribution in [2.24, 2.45) is 11.8 Å². The van der Waals surface area contributed by atoms with Gasteiger partial charge >= 0.3 is 6.01 Å². The molecule has 1 aromatic heterocycles. The molecule has 156 valence electrons. The van der Waals surface area contributed by atoms with E-state index in [0.29, 0.717) is 11.4 Å². The first kappa shape index (κ1) is 19.9. The van der Waals surface area contributed by atoms with Gasteiger partial charge in [0.25, 0.3) is 0 Å². The maximum absolute atomic E-state index is 11.9. The Kier molecular flexibility index (Phi) is 5.61. The van der Waals surface area contributed by atoms with E-state index in [1.54, 1.807) is 20.4 Å². The van der Waals surface area contributed by atoms with Gasteiger partial charge in [0.1, 0.15) is 11.4 Å². The summed E-state index contributed by atoms with van der Waals surface area (Å²) in [5.74, 6) is 1.48. The van der Waals surface area contributed by atoms with Crippen LogP contribution in [-0.2, 0) is 12.1 Å². The molecule has 0 radical (unpaired) electrons. The van der Waals surface area contributed by atoms with Gasteiger partial charge in [-0.2, -0.15) is 4.98 Å². The first-order valence-corrected chi connectivity index (χ1v) is 10.1. The van der Waals surface area contributed by atoms with E-state index in [2.05, 4.69) is 27.0 Å². The number of ether oxygens (including phenoxy) is 3. The van der Waals surface area contributed by atoms with Crippen LogP contribution in [0.5, 0.6) is 17.6 Å². The minimum atomic E-state index is -0.985. The normalized spacial score (nSPS) is 26.8. The Morgan fingerprint density at radius 3 is 2.52 bits per heavy atom. The minimum absolute atomic E-state index is 0.103. The molecule has 2 fully saturated rings. The molecule has 1 aliphatic carbocycles. The molecule has 2 bridgehead atoms. The number of likely N-dealkylation sites (tertiary alicyclic amines) is 1. The van der Waals surface area contributed by atoms with Crippen molar-refractivity contribution in [1.82, 2.24) is 14.9 Å². The molecule has 1 saturated heterocycles. The van der Waals surface area contributed by atoms with Gasteiger partial charge in [0.2, 0.25) is 5.88 Å². The van der Waals surface area contributed by atoms with Crippen LogP contribution in [0.1, 0.15) is 30.4 Å². The summed E-state index contributed by atoms with van der Waals surface area (Å²) in [5.41, 5.74) is 0.913. The molecule has 0 amide bonds. The molecule has 3 atom stereocenters. The Morgan fingerprint density at radius 1 is 1.10 bits per heavy atom. The Bertz CT molecular complexity index is 846. The highest BCUT2D eigenvalue weighted by Gasteiger charge is 2.53. The van der Waals surface area contributed by atoms with Crippen molar-refractivity contribution < 1.29 is 19.3 Å². The molecule has 1 unspecified atom stereocenters. The lowest BCUT2D eigenvalue weighted by molar-refractivity contribution is -0.149. The topological polar surface area (TPSA) is 76.9 Å². The zero-order valence-corrected chi connectivity index (χ0v) is 17.3. The highest BCUT2D eigenvalue weighted by Crippen LogP contribution is 2.51. The lowest BCUT2D eigenvalue weighted by Crippen LogP contribution is -2.58. The summed E-state index contributed by atoms with van der Waals surface area (Å²) in [6, 6.07) is 8.43. The summed E-state index contributed by atoms with van der Waals surface area (Å²) in [6.07, 6.45) is 4.74. The molecule has 0 spiro atoms. The third-order valence-corrected chi connectivity index (χ3v) is 6.39. The van der Waals surface area contributed by atoms with Crippen molar-refractivity contribution in [2.75, 3.05) is 34.4 Å². The SMILES string of the molecule is COc1cccc(CN2C[C@H]3CCC[C@@H](C2)C3(O)c2cnc(OC)nc2OC)c1. The molecule has 7 heteroatoms. The van der Waals surface area contributed by atoms with Gasteiger partial charge in [-0.1, -0.05) is 18.6 Å². The monoisotopic (exact) mass is 399 g/mol. The number of methoxy groups -OCH3 is 3. The second-order valence-corrected chi connectivity index (χ2v) is 7.98. The molecule has 2 aromatic rings. The summed E-state index contributed by atoms with van der Waals surface area (Å²) >= 11 is 0. The molecule has 1 aliphatic heterocycles. The molecule has 2 heterocycles. The number of benzene rings is 1. The van der Waals surface area contributed by atoms with Crippen molar-refractivity contribution in [1.29, 1.82) is 0 Å². The number of rotatable bonds is 6. The molecule has 2 aliphatic rings. The standard InChI is InChI=1S/C22H29N3O4/c1-27-18-9-4-6-15(10-18)12-25-13-16-7-5-8-17(14-25)22(16,26)19-11-23-21(29-3)24-20(19)28-2/h4,6,9-11,16-17,26H,5,7-8,12-14H2,1-3H3/t16-,17+,22?. The van der Waals surface area contributed by atoms with E-state index < -0.39 is 5.60 Å². The summed E-state index contributed by atoms with van der Waals surface area (Å²) < 4.78 is 16.0. The third kappa shape index (κ3) is 3.65. The number of aliphatic hydroxyl groups is 1. The van der Waals surface area contributed by atoms with Crippen LogP contribution in [0, 0.1) is 11.8 Å². The number of hydrogen-bond donors (Lipinski definition) is 1. The van der Waals surface area contributed by atoms with Crippen LogP contribution < -0.4 is 14.2 Å². The van der Waals surface area contributed by atoms with Gasteiger partial charge in [-0.05, 0) is 30.5 Å². The highest BCUT2D eigenvalue weighted by molar-refractivity contribution is 5.35. The molecule has 29 heavy (non-hydrogen) atoms. The van der Waals surface area contributed by atoms with Gasteiger partial charge in [0.05, 0.1) is 26.9 Å². The van der Waals surface area contributed by atoms with E-state index >= 15 is 0 Å². The van der Waals surface area contributed by atoms with E-state index in [4.69, 9.17) is 14.2 Å². The first-order valence-electron chi connectivity index (χ1n) is 10.1. The number of hydrogen-bond acceptors (Lipinski definition) is 7. The van der Waals surface area contributed by atoms with Gasteiger partial charge in [0, 0.05) is 37.7 Å². The maximum atomic E-state index is 11.9. The van der Waals surface area contributed by atoms with Crippen molar-refractivity contribution >= 4 is 0 Å². The van der Waals surface area contributed by atoms with Crippen LogP contribution in [0.3, 0.4) is 0 Å². The van der Waals surface area contributed by atoms with Gasteiger partial charge in [-0.3, -0.25) is 4.90 Å². The molecule has 1 aromatic carbocycles. The Hall–Kier alpha value is -2.38. The second kappa shape index (κ2) is 8.16. The summed E-state index contributed by atoms with van der Waals surface area (Å²) in [5, 5.41) is 11.9. The smallest absolute Gasteiger partial charge is 0.319 e. The fraction of sp³-hybridized carbons (Fsp3) is 0.545. The van der Waals surface area contributed by atoms with Crippen molar-refractivity contribution in [3.05, 3.63) is 41.6 Å². The Balaban J connectivity index is 1.60. The van der Waals surface area contributed by atoms with E-state index in [9.17, 15) is 5.11 Å². The predicted molar refractivity (Wildman–Crippen MR) is 108 cm³/mol. The number of piperidine rings is 1. The van der Waals surface area contributed by atoms with Crippen molar-refractivity contribution in [3.63, 3.8) is 0 Å². The van der Waals surface area contributed by atoms with Crippen LogP contribution in [-0.4, -0.2) is 54.4 Å². The van der Waals surface area contributed by atoms with E-state index in [0.717, 1.165) is 44.6 Å². The second-order valence-electron chi connectivity index (χ2n) is 7.98. The summed E-state index contributed by atoms with van der Waals surface area (Å²) in [7, 11) is 4.78. The van der Waals surface area contributed by atoms with Gasteiger partial charge in [0.15, 0.2) is 0 Å². The molecular weight excluding hydrogens is 370 g/mol. The first-order chi connectivity index (χ1) is 14.1. The number of aromatic nitrogens is 2. The number of fused-ring (bicyclic) bond motifs is 2. The van der Waals surface area contributed by atoms with Crippen molar-refractivity contribution in [3.8, 4) is 17.6 Å². The molecule has 4 rings (SSSR count). The predicted octanol–water partition coefficient (Wildman–Crippen LogP) is 2.62. The van der Waals surface area contributed by atoms with E-state index in [1.165, 1.54) is 12.7 Å². The Labute approximate surface area is 171 Å². The largest absolute Gasteiger partial charge is 0.497 e. The van der Waals surface area contributed by atoms with E-state index in [1.807, 2.05) is 12.1 Å². The van der Waals surface area contributed by atoms with Crippen LogP contribution in [0.15, 0.2) is 30.5 Å². The highest BCUT2D eigenvalue weighted by atomic mass is 16.5. The zero-order chi connectivity index (χ0) is 20.4. The number of nitrogens with zero attached hydrogens (tertiary/aromatic N) is 3. The average molecular weight is 399 g/mol. The minimum Gasteiger partial charge on any atom is -0.497 e. The van der Waals surface area contributed by atoms with Gasteiger partial charge < -0.3 is 19.3 Å². The van der Waals surface area contributed by atoms with E-state index in [-0.39, 0.29) is 17.8 Å². The molecule has 7 nitrogen and oxygen atoms in total. The van der Waals surface area contributed by atoms with Crippen molar-refractivity contribution in [2.45, 2.75) is 31.4 Å². The molecule has 1 N–H and O–H groups in total. The Morgan fingerprint density at radius 2 is 1.86 bits per heavy atom. The molecule has 1 saturated carbocycles. The average Bonchev–Trinajstić information content (AvgIpc) is 2.74. The summed E-state index contributed by atoms with van der Waals surface area (Å²) in [4.78, 5) is 11.0. The fourth-order valence-electron chi connectivity index (χ4n) is 5.02. The third-order valence-electron chi connectivity index (χ3n) is 6.39. The molecular formula is C22H29N3O4. The van der Waals surface area contributed by atoms with Crippen LogP contribution >= 0.6 is 0 Å². The lowest BCUT2D eigenvalue weighted by atomic mass is 9.63. The zero-order valence-electron chi connectivity index (χ0n) is 17.3. The summed E-state index contributed by atoms with van der Waals surface area (Å²) in [6.45, 7) is 2.48. The van der Waals surface area contributed by atoms with Crippen LogP contribution in [0.25, 0.3) is 0 Å².